The molecule has 7 nitrogen and oxygen atoms in total. The number of benzene rings is 1. The van der Waals surface area contributed by atoms with Crippen LogP contribution in [-0.2, 0) is 6.54 Å². The summed E-state index contributed by atoms with van der Waals surface area (Å²) in [5.41, 5.74) is 5.58. The number of allylic oxidation sites excluding steroid dienone is 3. The lowest BCUT2D eigenvalue weighted by molar-refractivity contribution is 0.174. The van der Waals surface area contributed by atoms with E-state index in [1.54, 1.807) is 0 Å². The molecule has 1 aliphatic carbocycles. The molecule has 0 amide bonds. The second-order valence-corrected chi connectivity index (χ2v) is 10.6. The van der Waals surface area contributed by atoms with Gasteiger partial charge in [0, 0.05) is 60.2 Å². The fourth-order valence-corrected chi connectivity index (χ4v) is 5.49. The summed E-state index contributed by atoms with van der Waals surface area (Å²) >= 11 is 6.61. The number of hydrogen-bond donors (Lipinski definition) is 2. The Bertz CT molecular complexity index is 1390. The Kier molecular flexibility index (Phi) is 6.23. The summed E-state index contributed by atoms with van der Waals surface area (Å²) in [4.78, 5) is 7.33. The number of aromatic nitrogens is 3. The van der Waals surface area contributed by atoms with E-state index in [2.05, 4.69) is 64.5 Å². The predicted molar refractivity (Wildman–Crippen MR) is 146 cm³/mol. The lowest BCUT2D eigenvalue weighted by atomic mass is 10.1. The van der Waals surface area contributed by atoms with Gasteiger partial charge >= 0.3 is 0 Å². The van der Waals surface area contributed by atoms with E-state index in [-0.39, 0.29) is 6.10 Å². The van der Waals surface area contributed by atoms with E-state index in [4.69, 9.17) is 21.7 Å². The maximum Gasteiger partial charge on any atom is 0.155 e. The van der Waals surface area contributed by atoms with Gasteiger partial charge < -0.3 is 15.0 Å². The molecule has 1 unspecified atom stereocenters. The van der Waals surface area contributed by atoms with Crippen molar-refractivity contribution in [2.24, 2.45) is 4.99 Å². The second kappa shape index (κ2) is 9.54. The number of aliphatic hydroxyl groups excluding tert-OH is 1. The van der Waals surface area contributed by atoms with Crippen LogP contribution in [0, 0.1) is 6.92 Å². The van der Waals surface area contributed by atoms with Crippen LogP contribution in [0.15, 0.2) is 59.1 Å². The van der Waals surface area contributed by atoms with E-state index >= 15 is 0 Å². The SMILES string of the molecule is CCC1=C(Nc2ccc3c(c2)c(Cl)cn3C2CC2)N=C(n2cc(CN3CCC(O)C3)c(C)n2)C=CC1. The Hall–Kier alpha value is -2.87. The average Bonchev–Trinajstić information content (AvgIpc) is 3.48. The first-order chi connectivity index (χ1) is 17.5. The van der Waals surface area contributed by atoms with Crippen LogP contribution in [0.25, 0.3) is 10.9 Å². The highest BCUT2D eigenvalue weighted by Gasteiger charge is 2.26. The molecule has 2 aliphatic heterocycles. The molecule has 2 fully saturated rings. The largest absolute Gasteiger partial charge is 0.392 e. The molecule has 0 bridgehead atoms. The third-order valence-electron chi connectivity index (χ3n) is 7.48. The van der Waals surface area contributed by atoms with Crippen molar-refractivity contribution in [2.75, 3.05) is 18.4 Å². The first-order valence-corrected chi connectivity index (χ1v) is 13.4. The molecular weight excluding hydrogens is 472 g/mol. The number of aliphatic hydroxyl groups is 1. The number of anilines is 1. The quantitative estimate of drug-likeness (QED) is 0.455. The summed E-state index contributed by atoms with van der Waals surface area (Å²) in [6.45, 7) is 6.64. The van der Waals surface area contributed by atoms with Crippen molar-refractivity contribution < 1.29 is 5.11 Å². The van der Waals surface area contributed by atoms with E-state index in [1.165, 1.54) is 29.5 Å². The Balaban J connectivity index is 1.28. The third kappa shape index (κ3) is 4.63. The molecule has 1 saturated heterocycles. The van der Waals surface area contributed by atoms with Crippen molar-refractivity contribution in [2.45, 2.75) is 64.6 Å². The van der Waals surface area contributed by atoms with E-state index < -0.39 is 0 Å². The monoisotopic (exact) mass is 504 g/mol. The Labute approximate surface area is 216 Å². The molecule has 2 aromatic heterocycles. The molecule has 3 aromatic rings. The van der Waals surface area contributed by atoms with E-state index in [1.807, 2.05) is 11.6 Å². The number of hydrogen-bond acceptors (Lipinski definition) is 5. The number of nitrogens with one attached hydrogen (secondary N) is 1. The number of likely N-dealkylation sites (tertiary alicyclic amines) is 1. The van der Waals surface area contributed by atoms with Gasteiger partial charge in [0.15, 0.2) is 5.84 Å². The number of aryl methyl sites for hydroxylation is 1. The van der Waals surface area contributed by atoms with Gasteiger partial charge in [-0.15, -0.1) is 0 Å². The summed E-state index contributed by atoms with van der Waals surface area (Å²) in [7, 11) is 0. The topological polar surface area (TPSA) is 70.6 Å². The minimum absolute atomic E-state index is 0.220. The molecule has 4 heterocycles. The minimum atomic E-state index is -0.220. The van der Waals surface area contributed by atoms with E-state index in [0.29, 0.717) is 6.04 Å². The summed E-state index contributed by atoms with van der Waals surface area (Å²) in [6.07, 6.45) is 13.2. The molecule has 188 valence electrons. The van der Waals surface area contributed by atoms with Gasteiger partial charge in [0.05, 0.1) is 16.8 Å². The first-order valence-electron chi connectivity index (χ1n) is 13.0. The van der Waals surface area contributed by atoms with Gasteiger partial charge in [-0.1, -0.05) is 24.6 Å². The molecule has 2 N–H and O–H groups in total. The zero-order chi connectivity index (χ0) is 24.8. The average molecular weight is 505 g/mol. The number of fused-ring (bicyclic) bond motifs is 1. The number of nitrogens with zero attached hydrogens (tertiary/aromatic N) is 5. The lowest BCUT2D eigenvalue weighted by Gasteiger charge is -2.13. The Morgan fingerprint density at radius 3 is 2.81 bits per heavy atom. The summed E-state index contributed by atoms with van der Waals surface area (Å²) < 4.78 is 4.19. The van der Waals surface area contributed by atoms with Crippen molar-refractivity contribution in [3.8, 4) is 0 Å². The molecule has 1 atom stereocenters. The van der Waals surface area contributed by atoms with E-state index in [9.17, 15) is 5.11 Å². The van der Waals surface area contributed by atoms with Gasteiger partial charge in [-0.2, -0.15) is 5.10 Å². The van der Waals surface area contributed by atoms with Crippen LogP contribution in [0.2, 0.25) is 5.02 Å². The molecule has 6 rings (SSSR count). The number of rotatable bonds is 6. The normalized spacial score (nSPS) is 20.9. The standard InChI is InChI=1S/C28H33ClN6O/c1-3-19-5-4-6-27(35-15-20(18(2)32-35)14-33-12-11-23(36)16-33)31-28(19)30-21-7-10-26-24(13-21)25(29)17-34(26)22-8-9-22/h4,6-7,10,13,15,17,22-23,30,36H,3,5,8-9,11-12,14,16H2,1-2H3. The molecule has 8 heteroatoms. The molecule has 1 saturated carbocycles. The minimum Gasteiger partial charge on any atom is -0.392 e. The van der Waals surface area contributed by atoms with Gasteiger partial charge in [0.1, 0.15) is 5.82 Å². The number of halogens is 1. The summed E-state index contributed by atoms with van der Waals surface area (Å²) in [5.74, 6) is 1.66. The van der Waals surface area contributed by atoms with Crippen LogP contribution in [0.1, 0.15) is 56.3 Å². The first kappa shape index (κ1) is 23.5. The highest BCUT2D eigenvalue weighted by Crippen LogP contribution is 2.41. The zero-order valence-electron chi connectivity index (χ0n) is 20.9. The predicted octanol–water partition coefficient (Wildman–Crippen LogP) is 5.64. The third-order valence-corrected chi connectivity index (χ3v) is 7.78. The van der Waals surface area contributed by atoms with Gasteiger partial charge in [0.2, 0.25) is 0 Å². The molecule has 3 aliphatic rings. The number of aliphatic imine (C=N–C) groups is 1. The highest BCUT2D eigenvalue weighted by atomic mass is 35.5. The fourth-order valence-electron chi connectivity index (χ4n) is 5.24. The van der Waals surface area contributed by atoms with Crippen LogP contribution in [0.4, 0.5) is 5.69 Å². The van der Waals surface area contributed by atoms with E-state index in [0.717, 1.165) is 72.3 Å². The van der Waals surface area contributed by atoms with Crippen LogP contribution in [0.5, 0.6) is 0 Å². The molecule has 1 aromatic carbocycles. The fraction of sp³-hybridized carbons (Fsp3) is 0.429. The maximum absolute atomic E-state index is 9.88. The van der Waals surface area contributed by atoms with Crippen LogP contribution < -0.4 is 5.32 Å². The van der Waals surface area contributed by atoms with Crippen molar-refractivity contribution >= 4 is 34.0 Å². The van der Waals surface area contributed by atoms with Gasteiger partial charge in [0.25, 0.3) is 0 Å². The van der Waals surface area contributed by atoms with Gasteiger partial charge in [-0.05, 0) is 68.9 Å². The van der Waals surface area contributed by atoms with Crippen LogP contribution >= 0.6 is 11.6 Å². The zero-order valence-corrected chi connectivity index (χ0v) is 21.7. The molecule has 0 spiro atoms. The van der Waals surface area contributed by atoms with Crippen molar-refractivity contribution in [3.05, 3.63) is 70.4 Å². The van der Waals surface area contributed by atoms with Crippen LogP contribution in [-0.4, -0.2) is 49.4 Å². The Morgan fingerprint density at radius 1 is 1.19 bits per heavy atom. The molecule has 0 radical (unpaired) electrons. The van der Waals surface area contributed by atoms with Gasteiger partial charge in [-0.3, -0.25) is 4.90 Å². The second-order valence-electron chi connectivity index (χ2n) is 10.2. The summed E-state index contributed by atoms with van der Waals surface area (Å²) in [6, 6.07) is 6.99. The van der Waals surface area contributed by atoms with Crippen molar-refractivity contribution in [1.29, 1.82) is 0 Å². The molecular formula is C28H33ClN6O. The van der Waals surface area contributed by atoms with Crippen LogP contribution in [0.3, 0.4) is 0 Å². The Morgan fingerprint density at radius 2 is 2.06 bits per heavy atom. The smallest absolute Gasteiger partial charge is 0.155 e. The number of β-amino-alcohol motifs (C(OH)–C–C–N with tert-alkyl or cyclic N) is 1. The summed E-state index contributed by atoms with van der Waals surface area (Å²) in [5, 5.41) is 20.1. The molecule has 36 heavy (non-hydrogen) atoms. The lowest BCUT2D eigenvalue weighted by Crippen LogP contribution is -2.21. The highest BCUT2D eigenvalue weighted by molar-refractivity contribution is 6.35. The maximum atomic E-state index is 9.88. The van der Waals surface area contributed by atoms with Crippen molar-refractivity contribution in [1.82, 2.24) is 19.2 Å². The van der Waals surface area contributed by atoms with Gasteiger partial charge in [-0.25, -0.2) is 9.67 Å². The van der Waals surface area contributed by atoms with Crippen molar-refractivity contribution in [3.63, 3.8) is 0 Å².